The normalized spacial score (nSPS) is 12.4. The Hall–Kier alpha value is -5.45. The van der Waals surface area contributed by atoms with Crippen molar-refractivity contribution < 1.29 is 21.1 Å². The molecule has 0 aliphatic carbocycles. The second kappa shape index (κ2) is 15.0. The molecule has 1 aliphatic heterocycles. The molecule has 7 aromatic rings. The van der Waals surface area contributed by atoms with Crippen LogP contribution in [0.5, 0.6) is 0 Å². The van der Waals surface area contributed by atoms with Gasteiger partial charge in [0.2, 0.25) is 0 Å². The standard InChI is InChI=1S/C45H37BN5.Pt/c1-32-26-33(2)44(34(3)27-32)46(39-21-15-25-42(29-39)51-31-49(35(4)47-51)40-22-12-7-13-23-40)38-20-14-24-41(28-38)50-30-43(36-16-8-5-9-17-36)45(48-50)37-18-10-6-11-19-37;/h5-27,30-31H,1-4H3;/q-3;. The van der Waals surface area contributed by atoms with Crippen molar-refractivity contribution in [1.82, 2.24) is 9.78 Å². The van der Waals surface area contributed by atoms with Crippen LogP contribution in [0.3, 0.4) is 0 Å². The molecule has 0 saturated carbocycles. The molecule has 5 nitrogen and oxygen atoms in total. The maximum Gasteiger partial charge on any atom is 0.192 e. The number of amidine groups is 1. The summed E-state index contributed by atoms with van der Waals surface area (Å²) in [5.41, 5.74) is 14.1. The molecule has 1 aliphatic rings. The predicted octanol–water partition coefficient (Wildman–Crippen LogP) is 8.02. The predicted molar refractivity (Wildman–Crippen MR) is 213 cm³/mol. The number of rotatable bonds is 8. The van der Waals surface area contributed by atoms with Crippen LogP contribution in [0.2, 0.25) is 0 Å². The molecule has 1 aromatic heterocycles. The van der Waals surface area contributed by atoms with Gasteiger partial charge in [0, 0.05) is 44.1 Å². The van der Waals surface area contributed by atoms with Crippen LogP contribution in [0.4, 0.5) is 11.4 Å². The smallest absolute Gasteiger partial charge is 0.192 e. The van der Waals surface area contributed by atoms with Gasteiger partial charge in [-0.2, -0.15) is 57.5 Å². The Morgan fingerprint density at radius 2 is 1.17 bits per heavy atom. The van der Waals surface area contributed by atoms with Crippen LogP contribution in [0.15, 0.2) is 151 Å². The Morgan fingerprint density at radius 1 is 0.615 bits per heavy atom. The molecule has 0 radical (unpaired) electrons. The zero-order valence-corrected chi connectivity index (χ0v) is 31.8. The molecule has 0 bridgehead atoms. The quantitative estimate of drug-likeness (QED) is 0.115. The van der Waals surface area contributed by atoms with Gasteiger partial charge in [-0.25, -0.2) is 0 Å². The van der Waals surface area contributed by atoms with Gasteiger partial charge in [-0.1, -0.05) is 119 Å². The zero-order chi connectivity index (χ0) is 34.9. The van der Waals surface area contributed by atoms with Crippen LogP contribution >= 0.6 is 0 Å². The maximum absolute atomic E-state index is 5.17. The van der Waals surface area contributed by atoms with E-state index in [4.69, 9.17) is 10.2 Å². The van der Waals surface area contributed by atoms with Crippen molar-refractivity contribution in [3.05, 3.63) is 181 Å². The molecule has 7 heteroatoms. The van der Waals surface area contributed by atoms with E-state index in [2.05, 4.69) is 153 Å². The zero-order valence-electron chi connectivity index (χ0n) is 29.6. The topological polar surface area (TPSA) is 36.7 Å². The fourth-order valence-corrected chi connectivity index (χ4v) is 7.19. The average Bonchev–Trinajstić information content (AvgIpc) is 3.79. The summed E-state index contributed by atoms with van der Waals surface area (Å²) in [4.78, 5) is 2.10. The van der Waals surface area contributed by atoms with Gasteiger partial charge in [0.25, 0.3) is 0 Å². The van der Waals surface area contributed by atoms with E-state index in [9.17, 15) is 0 Å². The van der Waals surface area contributed by atoms with E-state index in [1.165, 1.54) is 22.2 Å². The monoisotopic (exact) mass is 853 g/mol. The van der Waals surface area contributed by atoms with Gasteiger partial charge < -0.3 is 9.91 Å². The largest absolute Gasteiger partial charge is 0.460 e. The third kappa shape index (κ3) is 6.91. The molecular weight excluding hydrogens is 816 g/mol. The molecule has 52 heavy (non-hydrogen) atoms. The van der Waals surface area contributed by atoms with Gasteiger partial charge in [-0.15, -0.1) is 18.8 Å². The van der Waals surface area contributed by atoms with Crippen molar-refractivity contribution in [3.8, 4) is 28.1 Å². The van der Waals surface area contributed by atoms with Crippen LogP contribution in [0, 0.1) is 39.6 Å². The van der Waals surface area contributed by atoms with Crippen molar-refractivity contribution in [2.45, 2.75) is 27.7 Å². The number of aryl methyl sites for hydroxylation is 3. The second-order valence-electron chi connectivity index (χ2n) is 13.1. The molecule has 8 rings (SSSR count). The Morgan fingerprint density at radius 3 is 1.81 bits per heavy atom. The number of benzene rings is 6. The first-order valence-corrected chi connectivity index (χ1v) is 17.3. The van der Waals surface area contributed by atoms with Crippen molar-refractivity contribution in [2.75, 3.05) is 9.91 Å². The minimum Gasteiger partial charge on any atom is -0.460 e. The Bertz CT molecular complexity index is 2280. The molecule has 6 aromatic carbocycles. The maximum atomic E-state index is 5.17. The van der Waals surface area contributed by atoms with Crippen LogP contribution in [0.1, 0.15) is 23.6 Å². The van der Waals surface area contributed by atoms with Gasteiger partial charge in [-0.3, -0.25) is 4.68 Å². The molecule has 0 fully saturated rings. The molecule has 0 N–H and O–H groups in total. The summed E-state index contributed by atoms with van der Waals surface area (Å²) in [6.07, 6.45) is 2.12. The van der Waals surface area contributed by atoms with E-state index in [1.807, 2.05) is 53.6 Å². The molecule has 0 saturated heterocycles. The number of hydrogen-bond donors (Lipinski definition) is 0. The fraction of sp³-hybridized carbons (Fsp3) is 0.0889. The first-order chi connectivity index (χ1) is 24.9. The van der Waals surface area contributed by atoms with E-state index >= 15 is 0 Å². The first kappa shape index (κ1) is 35.0. The summed E-state index contributed by atoms with van der Waals surface area (Å²) in [6.45, 7) is 10.5. The van der Waals surface area contributed by atoms with Crippen LogP contribution < -0.4 is 26.3 Å². The molecular formula is C45H37BN5Pt-3. The number of hydrogen-bond acceptors (Lipinski definition) is 4. The number of hydrazone groups is 1. The third-order valence-electron chi connectivity index (χ3n) is 9.45. The van der Waals surface area contributed by atoms with Gasteiger partial charge in [0.1, 0.15) is 5.69 Å². The molecule has 2 heterocycles. The number of para-hydroxylation sites is 1. The van der Waals surface area contributed by atoms with Crippen molar-refractivity contribution in [1.29, 1.82) is 0 Å². The molecule has 0 unspecified atom stereocenters. The van der Waals surface area contributed by atoms with E-state index < -0.39 is 0 Å². The van der Waals surface area contributed by atoms with Crippen molar-refractivity contribution in [2.24, 2.45) is 5.10 Å². The Kier molecular flexibility index (Phi) is 10.1. The van der Waals surface area contributed by atoms with Crippen LogP contribution in [0.25, 0.3) is 28.1 Å². The van der Waals surface area contributed by atoms with Crippen LogP contribution in [-0.2, 0) is 21.1 Å². The van der Waals surface area contributed by atoms with Gasteiger partial charge in [-0.05, 0) is 51.1 Å². The number of aromatic nitrogens is 2. The number of nitrogens with zero attached hydrogens (tertiary/aromatic N) is 5. The van der Waals surface area contributed by atoms with Crippen LogP contribution in [-0.4, -0.2) is 22.3 Å². The average molecular weight is 854 g/mol. The minimum absolute atomic E-state index is 0. The van der Waals surface area contributed by atoms with Gasteiger partial charge in [0.15, 0.2) is 6.71 Å². The SMILES string of the molecule is CC1=NN(c2[c-]c(B(c3[c-]c(-n4cc(-c5ccccc5)c(-c5ccccc5)n4)ccc3)c3c(C)cc(C)cc3C)ccc2)[CH-]N1c1ccccc1.[Pt]. The third-order valence-corrected chi connectivity index (χ3v) is 9.45. The fourth-order valence-electron chi connectivity index (χ4n) is 7.19. The summed E-state index contributed by atoms with van der Waals surface area (Å²) in [7, 11) is 0. The molecule has 258 valence electrons. The summed E-state index contributed by atoms with van der Waals surface area (Å²) in [5, 5.41) is 12.0. The van der Waals surface area contributed by atoms with E-state index in [0.717, 1.165) is 56.2 Å². The van der Waals surface area contributed by atoms with Gasteiger partial charge >= 0.3 is 0 Å². The number of anilines is 2. The Balaban J connectivity index is 0.00000420. The van der Waals surface area contributed by atoms with Gasteiger partial charge in [0.05, 0.1) is 5.84 Å². The van der Waals surface area contributed by atoms with E-state index in [1.54, 1.807) is 0 Å². The second-order valence-corrected chi connectivity index (χ2v) is 13.1. The molecule has 0 amide bonds. The van der Waals surface area contributed by atoms with Crippen molar-refractivity contribution >= 4 is 40.3 Å². The first-order valence-electron chi connectivity index (χ1n) is 17.3. The summed E-state index contributed by atoms with van der Waals surface area (Å²) >= 11 is 0. The minimum atomic E-state index is -0.124. The van der Waals surface area contributed by atoms with E-state index in [-0.39, 0.29) is 27.8 Å². The molecule has 0 spiro atoms. The summed E-state index contributed by atoms with van der Waals surface area (Å²) < 4.78 is 1.97. The Labute approximate surface area is 321 Å². The summed E-state index contributed by atoms with van der Waals surface area (Å²) in [6, 6.07) is 56.0. The van der Waals surface area contributed by atoms with E-state index in [0.29, 0.717) is 0 Å². The molecule has 0 atom stereocenters. The summed E-state index contributed by atoms with van der Waals surface area (Å²) in [5.74, 6) is 0.895. The van der Waals surface area contributed by atoms with Crippen molar-refractivity contribution in [3.63, 3.8) is 0 Å².